The Labute approximate surface area is 153 Å². The van der Waals surface area contributed by atoms with Gasteiger partial charge in [-0.2, -0.15) is 0 Å². The fourth-order valence-electron chi connectivity index (χ4n) is 2.75. The summed E-state index contributed by atoms with van der Waals surface area (Å²) in [4.78, 5) is 31.2. The summed E-state index contributed by atoms with van der Waals surface area (Å²) in [6.45, 7) is 3.76. The SMILES string of the molecule is CCC(=O)N(c1cccc(C(=O)c2ccccc2)c1)c1cc(C)ccn1. The number of pyridine rings is 1. The van der Waals surface area contributed by atoms with E-state index in [1.165, 1.54) is 0 Å². The molecule has 0 atom stereocenters. The second kappa shape index (κ2) is 7.74. The molecular formula is C22H20N2O2. The van der Waals surface area contributed by atoms with Crippen LogP contribution in [0.2, 0.25) is 0 Å². The molecule has 0 N–H and O–H groups in total. The maximum Gasteiger partial charge on any atom is 0.232 e. The molecular weight excluding hydrogens is 324 g/mol. The highest BCUT2D eigenvalue weighted by Crippen LogP contribution is 2.27. The topological polar surface area (TPSA) is 50.3 Å². The van der Waals surface area contributed by atoms with E-state index in [9.17, 15) is 9.59 Å². The quantitative estimate of drug-likeness (QED) is 0.631. The lowest BCUT2D eigenvalue weighted by Crippen LogP contribution is -2.26. The van der Waals surface area contributed by atoms with Crippen LogP contribution in [0.25, 0.3) is 0 Å². The number of carbonyl (C=O) groups excluding carboxylic acids is 2. The average Bonchev–Trinajstić information content (AvgIpc) is 2.68. The molecule has 3 rings (SSSR count). The maximum absolute atomic E-state index is 12.7. The van der Waals surface area contributed by atoms with E-state index < -0.39 is 0 Å². The minimum absolute atomic E-state index is 0.0754. The number of amides is 1. The molecule has 0 aliphatic rings. The Morgan fingerprint density at radius 3 is 2.35 bits per heavy atom. The number of benzene rings is 2. The summed E-state index contributed by atoms with van der Waals surface area (Å²) in [6.07, 6.45) is 2.02. The number of nitrogens with zero attached hydrogens (tertiary/aromatic N) is 2. The monoisotopic (exact) mass is 344 g/mol. The summed E-state index contributed by atoms with van der Waals surface area (Å²) in [5.41, 5.74) is 2.80. The molecule has 2 aromatic carbocycles. The Morgan fingerprint density at radius 1 is 0.923 bits per heavy atom. The van der Waals surface area contributed by atoms with E-state index in [4.69, 9.17) is 0 Å². The molecule has 0 radical (unpaired) electrons. The van der Waals surface area contributed by atoms with Crippen molar-refractivity contribution in [3.63, 3.8) is 0 Å². The normalized spacial score (nSPS) is 10.4. The number of hydrogen-bond donors (Lipinski definition) is 0. The predicted octanol–water partition coefficient (Wildman–Crippen LogP) is 4.70. The van der Waals surface area contributed by atoms with Crippen LogP contribution in [0.4, 0.5) is 11.5 Å². The lowest BCUT2D eigenvalue weighted by molar-refractivity contribution is -0.117. The van der Waals surface area contributed by atoms with Crippen LogP contribution < -0.4 is 4.90 Å². The maximum atomic E-state index is 12.7. The Hall–Kier alpha value is -3.27. The third-order valence-electron chi connectivity index (χ3n) is 4.08. The minimum atomic E-state index is -0.0765. The molecule has 0 bridgehead atoms. The van der Waals surface area contributed by atoms with Crippen molar-refractivity contribution in [3.8, 4) is 0 Å². The van der Waals surface area contributed by atoms with Gasteiger partial charge in [-0.25, -0.2) is 4.98 Å². The first-order valence-corrected chi connectivity index (χ1v) is 8.55. The number of carbonyl (C=O) groups is 2. The fourth-order valence-corrected chi connectivity index (χ4v) is 2.75. The number of hydrogen-bond acceptors (Lipinski definition) is 3. The standard InChI is InChI=1S/C22H20N2O2/c1-3-21(25)24(20-14-16(2)12-13-23-20)19-11-7-10-18(15-19)22(26)17-8-5-4-6-9-17/h4-15H,3H2,1-2H3. The Balaban J connectivity index is 2.03. The van der Waals surface area contributed by atoms with Crippen molar-refractivity contribution >= 4 is 23.2 Å². The fraction of sp³-hybridized carbons (Fsp3) is 0.136. The molecule has 26 heavy (non-hydrogen) atoms. The van der Waals surface area contributed by atoms with Crippen LogP contribution in [-0.2, 0) is 4.79 Å². The largest absolute Gasteiger partial charge is 0.289 e. The molecule has 0 saturated heterocycles. The summed E-state index contributed by atoms with van der Waals surface area (Å²) in [6, 6.07) is 20.0. The van der Waals surface area contributed by atoms with Gasteiger partial charge in [-0.15, -0.1) is 0 Å². The molecule has 0 unspecified atom stereocenters. The van der Waals surface area contributed by atoms with Gasteiger partial charge >= 0.3 is 0 Å². The molecule has 4 nitrogen and oxygen atoms in total. The van der Waals surface area contributed by atoms with Crippen molar-refractivity contribution in [2.45, 2.75) is 20.3 Å². The van der Waals surface area contributed by atoms with Crippen LogP contribution in [0.15, 0.2) is 72.9 Å². The van der Waals surface area contributed by atoms with E-state index in [2.05, 4.69) is 4.98 Å². The minimum Gasteiger partial charge on any atom is -0.289 e. The Morgan fingerprint density at radius 2 is 1.65 bits per heavy atom. The predicted molar refractivity (Wildman–Crippen MR) is 103 cm³/mol. The van der Waals surface area contributed by atoms with E-state index in [0.29, 0.717) is 29.1 Å². The zero-order chi connectivity index (χ0) is 18.5. The van der Waals surface area contributed by atoms with Crippen molar-refractivity contribution in [3.05, 3.63) is 89.6 Å². The van der Waals surface area contributed by atoms with Crippen molar-refractivity contribution in [2.75, 3.05) is 4.90 Å². The van der Waals surface area contributed by atoms with Gasteiger partial charge in [0.2, 0.25) is 5.91 Å². The molecule has 0 saturated carbocycles. The zero-order valence-electron chi connectivity index (χ0n) is 14.8. The lowest BCUT2D eigenvalue weighted by atomic mass is 10.0. The van der Waals surface area contributed by atoms with E-state index >= 15 is 0 Å². The van der Waals surface area contributed by atoms with Crippen LogP contribution in [-0.4, -0.2) is 16.7 Å². The van der Waals surface area contributed by atoms with E-state index in [-0.39, 0.29) is 11.7 Å². The molecule has 0 spiro atoms. The van der Waals surface area contributed by atoms with Gasteiger partial charge in [0.1, 0.15) is 5.82 Å². The van der Waals surface area contributed by atoms with E-state index in [1.807, 2.05) is 50.2 Å². The first kappa shape index (κ1) is 17.5. The lowest BCUT2D eigenvalue weighted by Gasteiger charge is -2.22. The molecule has 1 aromatic heterocycles. The molecule has 1 heterocycles. The third-order valence-corrected chi connectivity index (χ3v) is 4.08. The van der Waals surface area contributed by atoms with E-state index in [1.54, 1.807) is 41.4 Å². The van der Waals surface area contributed by atoms with Crippen LogP contribution in [0.3, 0.4) is 0 Å². The second-order valence-corrected chi connectivity index (χ2v) is 6.02. The smallest absolute Gasteiger partial charge is 0.232 e. The number of anilines is 2. The number of aryl methyl sites for hydroxylation is 1. The molecule has 3 aromatic rings. The highest BCUT2D eigenvalue weighted by Gasteiger charge is 2.19. The molecule has 0 aliphatic heterocycles. The Kier molecular flexibility index (Phi) is 5.23. The van der Waals surface area contributed by atoms with Gasteiger partial charge in [-0.05, 0) is 36.8 Å². The Bertz CT molecular complexity index is 936. The number of ketones is 1. The molecule has 0 fully saturated rings. The number of aromatic nitrogens is 1. The summed E-state index contributed by atoms with van der Waals surface area (Å²) in [7, 11) is 0. The van der Waals surface area contributed by atoms with Crippen molar-refractivity contribution in [1.82, 2.24) is 4.98 Å². The first-order chi connectivity index (χ1) is 12.6. The van der Waals surface area contributed by atoms with E-state index in [0.717, 1.165) is 5.56 Å². The highest BCUT2D eigenvalue weighted by atomic mass is 16.2. The van der Waals surface area contributed by atoms with Gasteiger partial charge in [-0.3, -0.25) is 14.5 Å². The van der Waals surface area contributed by atoms with Crippen LogP contribution >= 0.6 is 0 Å². The summed E-state index contributed by atoms with van der Waals surface area (Å²) < 4.78 is 0. The van der Waals surface area contributed by atoms with Crippen LogP contribution in [0.5, 0.6) is 0 Å². The number of rotatable bonds is 5. The van der Waals surface area contributed by atoms with Crippen LogP contribution in [0.1, 0.15) is 34.8 Å². The zero-order valence-corrected chi connectivity index (χ0v) is 14.8. The van der Waals surface area contributed by atoms with Gasteiger partial charge in [0.25, 0.3) is 0 Å². The van der Waals surface area contributed by atoms with Gasteiger partial charge in [0.15, 0.2) is 5.78 Å². The average molecular weight is 344 g/mol. The van der Waals surface area contributed by atoms with Gasteiger partial charge < -0.3 is 0 Å². The van der Waals surface area contributed by atoms with Gasteiger partial charge in [0.05, 0.1) is 5.69 Å². The molecule has 0 aliphatic carbocycles. The van der Waals surface area contributed by atoms with Crippen molar-refractivity contribution in [1.29, 1.82) is 0 Å². The third kappa shape index (κ3) is 3.70. The molecule has 4 heteroatoms. The summed E-state index contributed by atoms with van der Waals surface area (Å²) >= 11 is 0. The summed E-state index contributed by atoms with van der Waals surface area (Å²) in [5, 5.41) is 0. The molecule has 1 amide bonds. The highest BCUT2D eigenvalue weighted by molar-refractivity contribution is 6.10. The van der Waals surface area contributed by atoms with Crippen molar-refractivity contribution < 1.29 is 9.59 Å². The summed E-state index contributed by atoms with van der Waals surface area (Å²) in [5.74, 6) is 0.405. The molecule has 130 valence electrons. The van der Waals surface area contributed by atoms with Gasteiger partial charge in [0, 0.05) is 23.7 Å². The first-order valence-electron chi connectivity index (χ1n) is 8.55. The van der Waals surface area contributed by atoms with Crippen molar-refractivity contribution in [2.24, 2.45) is 0 Å². The van der Waals surface area contributed by atoms with Crippen LogP contribution in [0, 0.1) is 6.92 Å². The van der Waals surface area contributed by atoms with Gasteiger partial charge in [-0.1, -0.05) is 49.4 Å². The second-order valence-electron chi connectivity index (χ2n) is 6.02.